The van der Waals surface area contributed by atoms with Crippen LogP contribution >= 0.6 is 47.0 Å². The zero-order valence-electron chi connectivity index (χ0n) is 36.2. The first-order chi connectivity index (χ1) is 32.4. The van der Waals surface area contributed by atoms with E-state index < -0.39 is 22.5 Å². The van der Waals surface area contributed by atoms with Crippen molar-refractivity contribution in [2.45, 2.75) is 36.4 Å². The van der Waals surface area contributed by atoms with Gasteiger partial charge in [-0.15, -0.1) is 9.15 Å². The van der Waals surface area contributed by atoms with Gasteiger partial charge in [-0.1, -0.05) is 147 Å². The van der Waals surface area contributed by atoms with Crippen molar-refractivity contribution in [3.8, 4) is 0 Å². The van der Waals surface area contributed by atoms with Gasteiger partial charge in [0.1, 0.15) is 0 Å². The normalized spacial score (nSPS) is 18.1. The van der Waals surface area contributed by atoms with Gasteiger partial charge >= 0.3 is 11.8 Å². The first-order valence-corrected chi connectivity index (χ1v) is 26.0. The highest BCUT2D eigenvalue weighted by Gasteiger charge is 2.49. The number of amides is 4. The molecule has 2 heterocycles. The Labute approximate surface area is 407 Å². The molecule has 344 valence electrons. The molecule has 0 aromatic heterocycles. The third-order valence-electron chi connectivity index (χ3n) is 9.86. The highest BCUT2D eigenvalue weighted by molar-refractivity contribution is 8.39. The van der Waals surface area contributed by atoms with E-state index in [2.05, 4.69) is 24.5 Å². The molecule has 6 aromatic carbocycles. The molecule has 8 rings (SSSR count). The second kappa shape index (κ2) is 24.8. The second-order valence-corrected chi connectivity index (χ2v) is 20.5. The van der Waals surface area contributed by atoms with Gasteiger partial charge in [-0.25, -0.2) is 9.59 Å². The van der Waals surface area contributed by atoms with Crippen LogP contribution in [0.2, 0.25) is 0 Å². The molecule has 2 aliphatic heterocycles. The number of rotatable bonds is 10. The number of benzene rings is 6. The quantitative estimate of drug-likeness (QED) is 0.0757. The second-order valence-electron chi connectivity index (χ2n) is 14.4. The van der Waals surface area contributed by atoms with Gasteiger partial charge in [-0.2, -0.15) is 0 Å². The fraction of sp³-hybridized carbons (Fsp3) is 0.160. The van der Waals surface area contributed by atoms with Gasteiger partial charge in [0.2, 0.25) is 11.4 Å². The number of thioether (sulfide) groups is 4. The lowest BCUT2D eigenvalue weighted by atomic mass is 10.0. The van der Waals surface area contributed by atoms with E-state index >= 15 is 0 Å². The first-order valence-electron chi connectivity index (χ1n) is 21.0. The van der Waals surface area contributed by atoms with Gasteiger partial charge in [-0.05, 0) is 82.4 Å². The lowest BCUT2D eigenvalue weighted by Crippen LogP contribution is -2.50. The first kappa shape index (κ1) is 50.6. The maximum atomic E-state index is 13.8. The Kier molecular flexibility index (Phi) is 18.8. The lowest BCUT2D eigenvalue weighted by molar-refractivity contribution is -0.366. The van der Waals surface area contributed by atoms with E-state index in [0.717, 1.165) is 42.8 Å². The van der Waals surface area contributed by atoms with Crippen LogP contribution in [0.3, 0.4) is 0 Å². The molecule has 17 heteroatoms. The molecule has 0 spiro atoms. The fourth-order valence-corrected chi connectivity index (χ4v) is 12.2. The third-order valence-corrected chi connectivity index (χ3v) is 15.0. The Morgan fingerprint density at radius 3 is 1.06 bits per heavy atom. The molecule has 0 fully saturated rings. The van der Waals surface area contributed by atoms with Crippen molar-refractivity contribution in [3.63, 3.8) is 0 Å². The van der Waals surface area contributed by atoms with Crippen LogP contribution in [0.1, 0.15) is 56.2 Å². The number of hydrogen-bond acceptors (Lipinski definition) is 12. The zero-order chi connectivity index (χ0) is 47.8. The predicted octanol–water partition coefficient (Wildman–Crippen LogP) is 9.17. The monoisotopic (exact) mass is 990 g/mol. The van der Waals surface area contributed by atoms with Gasteiger partial charge in [-0.3, -0.25) is 18.0 Å². The molecule has 0 radical (unpaired) electrons. The van der Waals surface area contributed by atoms with E-state index in [4.69, 9.17) is 17.5 Å². The summed E-state index contributed by atoms with van der Waals surface area (Å²) in [4.78, 5) is 53.6. The van der Waals surface area contributed by atoms with Crippen LogP contribution in [0.4, 0.5) is 11.4 Å². The van der Waals surface area contributed by atoms with Crippen molar-refractivity contribution in [2.75, 3.05) is 11.5 Å². The highest BCUT2D eigenvalue weighted by Crippen LogP contribution is 2.43. The predicted molar refractivity (Wildman–Crippen MR) is 268 cm³/mol. The number of carbonyl (C=O) groups excluding carboxylic acids is 4. The summed E-state index contributed by atoms with van der Waals surface area (Å²) in [5.74, 6) is 0.946. The molecule has 67 heavy (non-hydrogen) atoms. The maximum Gasteiger partial charge on any atom is 0.418 e. The number of nitrogens with one attached hydrogen (secondary N) is 2. The van der Waals surface area contributed by atoms with E-state index in [-0.39, 0.29) is 34.1 Å². The van der Waals surface area contributed by atoms with Gasteiger partial charge < -0.3 is 19.7 Å². The molecule has 4 amide bonds. The molecular formula is C50H46N4O8S5. The van der Waals surface area contributed by atoms with Crippen LogP contribution in [0.25, 0.3) is 0 Å². The standard InChI is InChI=1S/2C25H22N2O2S2.H2O4S/c2*1-2-30-25-27(20-16-10-5-11-17-20)24(29)21(22(31-25)18-12-6-3-7-13-18)26-23(28)19-14-8-4-9-15-19;1-5(2,3)4/h2*3-17,21-22H,2H2,1H3;(H2,1,2,3,4)/t2*21-,22+;/m00./s1. The molecule has 0 saturated carbocycles. The summed E-state index contributed by atoms with van der Waals surface area (Å²) in [5.41, 5.74) is 4.72. The van der Waals surface area contributed by atoms with Crippen LogP contribution < -0.4 is 10.6 Å². The number of carbonyl (C=O) groups is 4. The molecule has 4 atom stereocenters. The Morgan fingerprint density at radius 2 is 0.776 bits per heavy atom. The van der Waals surface area contributed by atoms with E-state index in [1.54, 1.807) is 80.5 Å². The highest BCUT2D eigenvalue weighted by atomic mass is 32.3. The molecule has 0 bridgehead atoms. The number of para-hydroxylation sites is 2. The smallest absolute Gasteiger partial charge is 0.418 e. The van der Waals surface area contributed by atoms with Crippen LogP contribution in [0.15, 0.2) is 182 Å². The van der Waals surface area contributed by atoms with Crippen LogP contribution in [0, 0.1) is 0 Å². The Balaban J connectivity index is 0.000000201. The molecular weight excluding hydrogens is 945 g/mol. The van der Waals surface area contributed by atoms with Gasteiger partial charge in [0, 0.05) is 57.3 Å². The zero-order valence-corrected chi connectivity index (χ0v) is 40.3. The van der Waals surface area contributed by atoms with E-state index in [0.29, 0.717) is 11.1 Å². The Bertz CT molecular complexity index is 2600. The molecule has 0 aliphatic carbocycles. The van der Waals surface area contributed by atoms with Gasteiger partial charge in [0.15, 0.2) is 12.1 Å². The SMILES string of the molecule is CCSC1=[N+](c2ccccc2)C(=O)[C@@H](NC(=O)c2ccccc2)[C@@H](c2ccccc2)S1.CCSC1=[N+](c2ccccc2)C(=O)[C@@H](NC(=O)c2ccccc2)[C@@H](c2ccccc2)S1.O=S(=O)([O-])[O-]. The lowest BCUT2D eigenvalue weighted by Gasteiger charge is -2.28. The summed E-state index contributed by atoms with van der Waals surface area (Å²) >= 11 is 6.56. The van der Waals surface area contributed by atoms with Gasteiger partial charge in [0.25, 0.3) is 20.6 Å². The topological polar surface area (TPSA) is 179 Å². The van der Waals surface area contributed by atoms with E-state index in [1.807, 2.05) is 158 Å². The number of hydrogen-bond donors (Lipinski definition) is 2. The molecule has 2 N–H and O–H groups in total. The van der Waals surface area contributed by atoms with Crippen LogP contribution in [0.5, 0.6) is 0 Å². The van der Waals surface area contributed by atoms with Crippen molar-refractivity contribution in [1.29, 1.82) is 0 Å². The van der Waals surface area contributed by atoms with E-state index in [9.17, 15) is 19.2 Å². The molecule has 0 saturated heterocycles. The summed E-state index contributed by atoms with van der Waals surface area (Å²) in [6.07, 6.45) is 0. The van der Waals surface area contributed by atoms with Crippen molar-refractivity contribution in [1.82, 2.24) is 10.6 Å². The minimum atomic E-state index is -5.17. The maximum absolute atomic E-state index is 13.8. The summed E-state index contributed by atoms with van der Waals surface area (Å²) in [6.45, 7) is 4.15. The summed E-state index contributed by atoms with van der Waals surface area (Å²) in [7, 11) is -5.17. The van der Waals surface area contributed by atoms with E-state index in [1.165, 1.54) is 0 Å². The average molecular weight is 991 g/mol. The van der Waals surface area contributed by atoms with Crippen molar-refractivity contribution in [2.24, 2.45) is 0 Å². The van der Waals surface area contributed by atoms with Crippen LogP contribution in [-0.4, -0.2) is 82.6 Å². The molecule has 12 nitrogen and oxygen atoms in total. The van der Waals surface area contributed by atoms with Crippen molar-refractivity contribution in [3.05, 3.63) is 204 Å². The Hall–Kier alpha value is -5.79. The summed E-state index contributed by atoms with van der Waals surface area (Å²) < 4.78 is 39.4. The largest absolute Gasteiger partial charge is 0.759 e. The van der Waals surface area contributed by atoms with Crippen LogP contribution in [-0.2, 0) is 20.0 Å². The molecule has 6 aromatic rings. The van der Waals surface area contributed by atoms with Crippen molar-refractivity contribution < 1.29 is 45.9 Å². The molecule has 0 unspecified atom stereocenters. The minimum Gasteiger partial charge on any atom is -0.759 e. The van der Waals surface area contributed by atoms with Gasteiger partial charge in [0.05, 0.1) is 10.5 Å². The fourth-order valence-electron chi connectivity index (χ4n) is 6.95. The summed E-state index contributed by atoms with van der Waals surface area (Å²) in [6, 6.07) is 55.7. The number of nitrogens with zero attached hydrogens (tertiary/aromatic N) is 2. The average Bonchev–Trinajstić information content (AvgIpc) is 3.34. The summed E-state index contributed by atoms with van der Waals surface area (Å²) in [5, 5.41) is 5.62. The third kappa shape index (κ3) is 14.1. The van der Waals surface area contributed by atoms with Crippen molar-refractivity contribution >= 4 is 101 Å². The molecule has 2 aliphatic rings. The Morgan fingerprint density at radius 1 is 0.507 bits per heavy atom. The minimum absolute atomic E-state index is 0.126.